The van der Waals surface area contributed by atoms with Crippen molar-refractivity contribution in [1.29, 1.82) is 0 Å². The zero-order valence-electron chi connectivity index (χ0n) is 8.80. The molecule has 1 N–H and O–H groups in total. The first kappa shape index (κ1) is 12.4. The highest BCUT2D eigenvalue weighted by atomic mass is 16.5. The molecule has 0 saturated heterocycles. The number of aliphatic carboxylic acids is 1. The van der Waals surface area contributed by atoms with Crippen molar-refractivity contribution in [2.24, 2.45) is 5.41 Å². The first-order valence-electron chi connectivity index (χ1n) is 4.71. The Kier molecular flexibility index (Phi) is 5.71. The van der Waals surface area contributed by atoms with Crippen LogP contribution < -0.4 is 0 Å². The minimum absolute atomic E-state index is 0.204. The minimum atomic E-state index is -0.751. The van der Waals surface area contributed by atoms with Crippen LogP contribution >= 0.6 is 0 Å². The van der Waals surface area contributed by atoms with Crippen molar-refractivity contribution >= 4 is 5.97 Å². The van der Waals surface area contributed by atoms with Gasteiger partial charge in [-0.25, -0.2) is 0 Å². The molecular weight excluding hydrogens is 168 g/mol. The second kappa shape index (κ2) is 5.97. The zero-order valence-corrected chi connectivity index (χ0v) is 8.80. The Morgan fingerprint density at radius 1 is 1.31 bits per heavy atom. The molecule has 0 fully saturated rings. The van der Waals surface area contributed by atoms with Gasteiger partial charge in [0.15, 0.2) is 0 Å². The van der Waals surface area contributed by atoms with E-state index in [-0.39, 0.29) is 6.42 Å². The number of rotatable bonds is 6. The fraction of sp³-hybridized carbons (Fsp3) is 0.900. The van der Waals surface area contributed by atoms with E-state index in [0.717, 1.165) is 13.0 Å². The summed E-state index contributed by atoms with van der Waals surface area (Å²) in [5.41, 5.74) is 0.298. The number of hydrogen-bond acceptors (Lipinski definition) is 2. The maximum absolute atomic E-state index is 10.1. The van der Waals surface area contributed by atoms with Gasteiger partial charge in [0.25, 0.3) is 0 Å². The van der Waals surface area contributed by atoms with E-state index in [1.807, 2.05) is 0 Å². The first-order valence-corrected chi connectivity index (χ1v) is 4.71. The average Bonchev–Trinajstić information content (AvgIpc) is 1.93. The zero-order chi connectivity index (χ0) is 10.3. The first-order chi connectivity index (χ1) is 5.92. The molecule has 0 saturated carbocycles. The SMILES string of the molecule is CC(C)(C)CCOCCCC(=O)O. The van der Waals surface area contributed by atoms with Crippen molar-refractivity contribution in [3.8, 4) is 0 Å². The number of carboxylic acid groups (broad SMARTS) is 1. The summed E-state index contributed by atoms with van der Waals surface area (Å²) in [6.45, 7) is 7.76. The van der Waals surface area contributed by atoms with Crippen molar-refractivity contribution < 1.29 is 14.6 Å². The van der Waals surface area contributed by atoms with Gasteiger partial charge in [-0.3, -0.25) is 4.79 Å². The molecule has 78 valence electrons. The minimum Gasteiger partial charge on any atom is -0.481 e. The molecule has 3 nitrogen and oxygen atoms in total. The predicted molar refractivity (Wildman–Crippen MR) is 51.8 cm³/mol. The predicted octanol–water partition coefficient (Wildman–Crippen LogP) is 2.30. The van der Waals surface area contributed by atoms with Gasteiger partial charge < -0.3 is 9.84 Å². The third-order valence-corrected chi connectivity index (χ3v) is 1.68. The lowest BCUT2D eigenvalue weighted by Gasteiger charge is -2.17. The third kappa shape index (κ3) is 11.4. The van der Waals surface area contributed by atoms with E-state index in [9.17, 15) is 4.79 Å². The Balaban J connectivity index is 3.13. The summed E-state index contributed by atoms with van der Waals surface area (Å²) in [5, 5.41) is 8.34. The lowest BCUT2D eigenvalue weighted by Crippen LogP contribution is -2.10. The molecular formula is C10H20O3. The van der Waals surface area contributed by atoms with Gasteiger partial charge in [0.05, 0.1) is 0 Å². The molecule has 0 amide bonds. The molecule has 0 unspecified atom stereocenters. The number of carboxylic acids is 1. The second-order valence-corrected chi connectivity index (χ2v) is 4.42. The summed E-state index contributed by atoms with van der Waals surface area (Å²) in [5.74, 6) is -0.751. The fourth-order valence-electron chi connectivity index (χ4n) is 0.806. The molecule has 0 aliphatic heterocycles. The molecule has 0 heterocycles. The summed E-state index contributed by atoms with van der Waals surface area (Å²) in [7, 11) is 0. The lowest BCUT2D eigenvalue weighted by atomic mass is 9.93. The molecule has 0 aliphatic rings. The van der Waals surface area contributed by atoms with Gasteiger partial charge in [-0.15, -0.1) is 0 Å². The largest absolute Gasteiger partial charge is 0.481 e. The van der Waals surface area contributed by atoms with Crippen LogP contribution in [0.15, 0.2) is 0 Å². The summed E-state index contributed by atoms with van der Waals surface area (Å²) in [4.78, 5) is 10.1. The fourth-order valence-corrected chi connectivity index (χ4v) is 0.806. The van der Waals surface area contributed by atoms with Crippen molar-refractivity contribution in [2.45, 2.75) is 40.0 Å². The molecule has 0 aromatic carbocycles. The molecule has 0 aromatic rings. The summed E-state index contributed by atoms with van der Waals surface area (Å²) in [6, 6.07) is 0. The van der Waals surface area contributed by atoms with Crippen molar-refractivity contribution in [2.75, 3.05) is 13.2 Å². The van der Waals surface area contributed by atoms with E-state index in [4.69, 9.17) is 9.84 Å². The molecule has 3 heteroatoms. The Morgan fingerprint density at radius 3 is 2.38 bits per heavy atom. The van der Waals surface area contributed by atoms with Gasteiger partial charge in [-0.2, -0.15) is 0 Å². The molecule has 0 aromatic heterocycles. The smallest absolute Gasteiger partial charge is 0.303 e. The van der Waals surface area contributed by atoms with Crippen LogP contribution in [0.3, 0.4) is 0 Å². The van der Waals surface area contributed by atoms with Crippen LogP contribution in [-0.2, 0) is 9.53 Å². The standard InChI is InChI=1S/C10H20O3/c1-10(2,3)6-8-13-7-4-5-9(11)12/h4-8H2,1-3H3,(H,11,12). The highest BCUT2D eigenvalue weighted by Gasteiger charge is 2.08. The number of carbonyl (C=O) groups is 1. The van der Waals surface area contributed by atoms with E-state index in [1.165, 1.54) is 0 Å². The van der Waals surface area contributed by atoms with Crippen LogP contribution in [0.4, 0.5) is 0 Å². The van der Waals surface area contributed by atoms with Gasteiger partial charge in [-0.05, 0) is 18.3 Å². The molecule has 0 spiro atoms. The van der Waals surface area contributed by atoms with E-state index in [1.54, 1.807) is 0 Å². The molecule has 13 heavy (non-hydrogen) atoms. The Bertz CT molecular complexity index is 147. The van der Waals surface area contributed by atoms with Crippen molar-refractivity contribution in [3.05, 3.63) is 0 Å². The third-order valence-electron chi connectivity index (χ3n) is 1.68. The van der Waals surface area contributed by atoms with Crippen LogP contribution in [-0.4, -0.2) is 24.3 Å². The average molecular weight is 188 g/mol. The normalized spacial score (nSPS) is 11.6. The topological polar surface area (TPSA) is 46.5 Å². The summed E-state index contributed by atoms with van der Waals surface area (Å²) >= 11 is 0. The van der Waals surface area contributed by atoms with Crippen LogP contribution in [0.5, 0.6) is 0 Å². The van der Waals surface area contributed by atoms with Gasteiger partial charge in [-0.1, -0.05) is 20.8 Å². The Labute approximate surface area is 80.1 Å². The summed E-state index contributed by atoms with van der Waals surface area (Å²) < 4.78 is 5.30. The quantitative estimate of drug-likeness (QED) is 0.650. The molecule has 0 atom stereocenters. The number of ether oxygens (including phenoxy) is 1. The van der Waals surface area contributed by atoms with Gasteiger partial charge in [0.2, 0.25) is 0 Å². The highest BCUT2D eigenvalue weighted by molar-refractivity contribution is 5.66. The molecule has 0 bridgehead atoms. The van der Waals surface area contributed by atoms with Gasteiger partial charge in [0.1, 0.15) is 0 Å². The van der Waals surface area contributed by atoms with Crippen molar-refractivity contribution in [3.63, 3.8) is 0 Å². The Hall–Kier alpha value is -0.570. The highest BCUT2D eigenvalue weighted by Crippen LogP contribution is 2.17. The monoisotopic (exact) mass is 188 g/mol. The van der Waals surface area contributed by atoms with Gasteiger partial charge >= 0.3 is 5.97 Å². The lowest BCUT2D eigenvalue weighted by molar-refractivity contribution is -0.137. The van der Waals surface area contributed by atoms with E-state index < -0.39 is 5.97 Å². The summed E-state index contributed by atoms with van der Waals surface area (Å²) in [6.07, 6.45) is 1.83. The maximum atomic E-state index is 10.1. The second-order valence-electron chi connectivity index (χ2n) is 4.42. The van der Waals surface area contributed by atoms with Crippen LogP contribution in [0.2, 0.25) is 0 Å². The molecule has 0 rings (SSSR count). The number of hydrogen-bond donors (Lipinski definition) is 1. The van der Waals surface area contributed by atoms with Crippen LogP contribution in [0.25, 0.3) is 0 Å². The molecule has 0 radical (unpaired) electrons. The molecule has 0 aliphatic carbocycles. The maximum Gasteiger partial charge on any atom is 0.303 e. The Morgan fingerprint density at radius 2 is 1.92 bits per heavy atom. The van der Waals surface area contributed by atoms with Crippen LogP contribution in [0.1, 0.15) is 40.0 Å². The van der Waals surface area contributed by atoms with E-state index in [0.29, 0.717) is 18.4 Å². The van der Waals surface area contributed by atoms with Gasteiger partial charge in [0, 0.05) is 19.6 Å². The van der Waals surface area contributed by atoms with Crippen molar-refractivity contribution in [1.82, 2.24) is 0 Å². The van der Waals surface area contributed by atoms with E-state index in [2.05, 4.69) is 20.8 Å². The van der Waals surface area contributed by atoms with Crippen LogP contribution in [0, 0.1) is 5.41 Å². The van der Waals surface area contributed by atoms with E-state index >= 15 is 0 Å².